The first-order chi connectivity index (χ1) is 12.2. The molecule has 1 N–H and O–H groups in total. The molecule has 0 fully saturated rings. The summed E-state index contributed by atoms with van der Waals surface area (Å²) in [5.74, 6) is 2.17. The molecule has 0 bridgehead atoms. The van der Waals surface area contributed by atoms with Crippen LogP contribution in [0.3, 0.4) is 0 Å². The summed E-state index contributed by atoms with van der Waals surface area (Å²) in [6, 6.07) is 15.3. The van der Waals surface area contributed by atoms with E-state index in [1.54, 1.807) is 18.0 Å². The van der Waals surface area contributed by atoms with Crippen molar-refractivity contribution in [2.45, 2.75) is 6.92 Å². The fourth-order valence-corrected chi connectivity index (χ4v) is 2.52. The van der Waals surface area contributed by atoms with Gasteiger partial charge >= 0.3 is 0 Å². The van der Waals surface area contributed by atoms with Gasteiger partial charge in [-0.2, -0.15) is 14.9 Å². The summed E-state index contributed by atoms with van der Waals surface area (Å²) >= 11 is 5.29. The van der Waals surface area contributed by atoms with Gasteiger partial charge in [-0.05, 0) is 55.5 Å². The maximum absolute atomic E-state index is 5.46. The molecule has 0 aliphatic heterocycles. The molecule has 0 amide bonds. The van der Waals surface area contributed by atoms with Crippen LogP contribution in [0.4, 0.5) is 0 Å². The molecule has 0 atom stereocenters. The minimum absolute atomic E-state index is 0.412. The Bertz CT molecular complexity index is 929. The summed E-state index contributed by atoms with van der Waals surface area (Å²) in [5.41, 5.74) is 1.73. The number of H-pyrrole nitrogens is 1. The number of para-hydroxylation sites is 1. The van der Waals surface area contributed by atoms with Crippen molar-refractivity contribution in [3.63, 3.8) is 0 Å². The Morgan fingerprint density at radius 1 is 1.20 bits per heavy atom. The van der Waals surface area contributed by atoms with Crippen molar-refractivity contribution < 1.29 is 9.47 Å². The fourth-order valence-electron chi connectivity index (χ4n) is 2.35. The molecule has 0 spiro atoms. The Kier molecular flexibility index (Phi) is 5.25. The zero-order valence-electron chi connectivity index (χ0n) is 14.0. The Labute approximate surface area is 150 Å². The van der Waals surface area contributed by atoms with E-state index in [9.17, 15) is 0 Å². The standard InChI is InChI=1S/C18H18N4O2S/c1-3-24-15-10-8-13(9-11-15)17-20-21-18(25)22(17)19-12-14-6-4-5-7-16(14)23-2/h4-12H,3H2,1-2H3,(H,21,25)/b19-12+. The van der Waals surface area contributed by atoms with E-state index in [1.165, 1.54) is 0 Å². The van der Waals surface area contributed by atoms with Gasteiger partial charge in [0.1, 0.15) is 11.5 Å². The smallest absolute Gasteiger partial charge is 0.216 e. The van der Waals surface area contributed by atoms with Crippen LogP contribution in [-0.2, 0) is 0 Å². The van der Waals surface area contributed by atoms with E-state index in [-0.39, 0.29) is 0 Å². The third kappa shape index (κ3) is 3.77. The van der Waals surface area contributed by atoms with Gasteiger partial charge in [-0.15, -0.1) is 0 Å². The van der Waals surface area contributed by atoms with Gasteiger partial charge in [-0.1, -0.05) is 12.1 Å². The first-order valence-corrected chi connectivity index (χ1v) is 8.21. The minimum Gasteiger partial charge on any atom is -0.496 e. The van der Waals surface area contributed by atoms with Crippen LogP contribution < -0.4 is 9.47 Å². The van der Waals surface area contributed by atoms with Crippen LogP contribution in [0.15, 0.2) is 53.6 Å². The van der Waals surface area contributed by atoms with Gasteiger partial charge in [0.05, 0.1) is 19.9 Å². The number of aromatic amines is 1. The van der Waals surface area contributed by atoms with Crippen LogP contribution in [0.25, 0.3) is 11.4 Å². The number of rotatable bonds is 6. The molecule has 0 aliphatic rings. The lowest BCUT2D eigenvalue weighted by Gasteiger charge is -2.05. The number of aromatic nitrogens is 3. The van der Waals surface area contributed by atoms with Gasteiger partial charge in [0, 0.05) is 11.1 Å². The molecule has 25 heavy (non-hydrogen) atoms. The van der Waals surface area contributed by atoms with Crippen molar-refractivity contribution in [2.75, 3.05) is 13.7 Å². The van der Waals surface area contributed by atoms with Crippen molar-refractivity contribution in [1.29, 1.82) is 0 Å². The largest absolute Gasteiger partial charge is 0.496 e. The van der Waals surface area contributed by atoms with Crippen molar-refractivity contribution in [3.05, 3.63) is 58.9 Å². The third-order valence-corrected chi connectivity index (χ3v) is 3.79. The summed E-state index contributed by atoms with van der Waals surface area (Å²) in [7, 11) is 1.63. The maximum Gasteiger partial charge on any atom is 0.216 e. The number of benzene rings is 2. The number of hydrogen-bond donors (Lipinski definition) is 1. The van der Waals surface area contributed by atoms with E-state index in [0.717, 1.165) is 22.6 Å². The van der Waals surface area contributed by atoms with Gasteiger partial charge in [-0.25, -0.2) is 5.10 Å². The summed E-state index contributed by atoms with van der Waals surface area (Å²) in [6.07, 6.45) is 1.70. The molecule has 3 rings (SSSR count). The highest BCUT2D eigenvalue weighted by molar-refractivity contribution is 7.71. The predicted molar refractivity (Wildman–Crippen MR) is 100 cm³/mol. The molecule has 0 saturated heterocycles. The second kappa shape index (κ2) is 7.76. The molecule has 0 unspecified atom stereocenters. The molecule has 2 aromatic carbocycles. The Balaban J connectivity index is 1.94. The van der Waals surface area contributed by atoms with Crippen molar-refractivity contribution in [1.82, 2.24) is 14.9 Å². The van der Waals surface area contributed by atoms with E-state index < -0.39 is 0 Å². The van der Waals surface area contributed by atoms with Crippen LogP contribution in [0.5, 0.6) is 11.5 Å². The van der Waals surface area contributed by atoms with Crippen molar-refractivity contribution >= 4 is 18.4 Å². The average molecular weight is 354 g/mol. The van der Waals surface area contributed by atoms with Crippen LogP contribution in [0, 0.1) is 4.77 Å². The van der Waals surface area contributed by atoms with Crippen molar-refractivity contribution in [3.8, 4) is 22.9 Å². The molecule has 0 saturated carbocycles. The monoisotopic (exact) mass is 354 g/mol. The van der Waals surface area contributed by atoms with Crippen LogP contribution in [0.1, 0.15) is 12.5 Å². The minimum atomic E-state index is 0.412. The van der Waals surface area contributed by atoms with Gasteiger partial charge < -0.3 is 9.47 Å². The molecule has 1 aromatic heterocycles. The van der Waals surface area contributed by atoms with Crippen LogP contribution in [0.2, 0.25) is 0 Å². The Morgan fingerprint density at radius 2 is 1.96 bits per heavy atom. The predicted octanol–water partition coefficient (Wildman–Crippen LogP) is 3.90. The van der Waals surface area contributed by atoms with E-state index in [1.807, 2.05) is 55.5 Å². The van der Waals surface area contributed by atoms with Gasteiger partial charge in [-0.3, -0.25) is 0 Å². The summed E-state index contributed by atoms with van der Waals surface area (Å²) in [4.78, 5) is 0. The van der Waals surface area contributed by atoms with Crippen LogP contribution >= 0.6 is 12.2 Å². The lowest BCUT2D eigenvalue weighted by molar-refractivity contribution is 0.340. The highest BCUT2D eigenvalue weighted by Gasteiger charge is 2.08. The number of methoxy groups -OCH3 is 1. The van der Waals surface area contributed by atoms with Gasteiger partial charge in [0.2, 0.25) is 4.77 Å². The highest BCUT2D eigenvalue weighted by atomic mass is 32.1. The maximum atomic E-state index is 5.46. The lowest BCUT2D eigenvalue weighted by atomic mass is 10.2. The average Bonchev–Trinajstić information content (AvgIpc) is 3.01. The first-order valence-electron chi connectivity index (χ1n) is 7.81. The Morgan fingerprint density at radius 3 is 2.68 bits per heavy atom. The van der Waals surface area contributed by atoms with Crippen molar-refractivity contribution in [2.24, 2.45) is 5.10 Å². The second-order valence-electron chi connectivity index (χ2n) is 5.11. The van der Waals surface area contributed by atoms with E-state index in [0.29, 0.717) is 17.2 Å². The summed E-state index contributed by atoms with van der Waals surface area (Å²) < 4.78 is 12.8. The van der Waals surface area contributed by atoms with Gasteiger partial charge in [0.15, 0.2) is 5.82 Å². The molecular weight excluding hydrogens is 336 g/mol. The highest BCUT2D eigenvalue weighted by Crippen LogP contribution is 2.21. The van der Waals surface area contributed by atoms with E-state index in [4.69, 9.17) is 21.7 Å². The molecule has 3 aromatic rings. The van der Waals surface area contributed by atoms with Gasteiger partial charge in [0.25, 0.3) is 0 Å². The SMILES string of the molecule is CCOc1ccc(-c2n[nH]c(=S)n2/N=C/c2ccccc2OC)cc1. The number of nitrogens with one attached hydrogen (secondary N) is 1. The molecule has 7 heteroatoms. The van der Waals surface area contributed by atoms with E-state index in [2.05, 4.69) is 15.3 Å². The number of ether oxygens (including phenoxy) is 2. The zero-order chi connectivity index (χ0) is 17.6. The summed E-state index contributed by atoms with van der Waals surface area (Å²) in [6.45, 7) is 2.58. The summed E-state index contributed by atoms with van der Waals surface area (Å²) in [5, 5.41) is 11.5. The van der Waals surface area contributed by atoms with Crippen LogP contribution in [-0.4, -0.2) is 34.8 Å². The quantitative estimate of drug-likeness (QED) is 0.539. The second-order valence-corrected chi connectivity index (χ2v) is 5.49. The lowest BCUT2D eigenvalue weighted by Crippen LogP contribution is -1.97. The fraction of sp³-hybridized carbons (Fsp3) is 0.167. The molecule has 128 valence electrons. The third-order valence-electron chi connectivity index (χ3n) is 3.53. The number of nitrogens with zero attached hydrogens (tertiary/aromatic N) is 3. The normalized spacial score (nSPS) is 11.0. The topological polar surface area (TPSA) is 64.4 Å². The molecule has 6 nitrogen and oxygen atoms in total. The molecule has 0 aliphatic carbocycles. The van der Waals surface area contributed by atoms with E-state index >= 15 is 0 Å². The zero-order valence-corrected chi connectivity index (χ0v) is 14.8. The molecule has 0 radical (unpaired) electrons. The molecule has 1 heterocycles. The first kappa shape index (κ1) is 16.9. The number of hydrogen-bond acceptors (Lipinski definition) is 5. The molecular formula is C18H18N4O2S. The Hall–Kier alpha value is -2.93.